The summed E-state index contributed by atoms with van der Waals surface area (Å²) in [6.07, 6.45) is -2.77. The number of carbonyl (C=O) groups excluding carboxylic acids is 6. The monoisotopic (exact) mass is 955 g/mol. The van der Waals surface area contributed by atoms with Gasteiger partial charge in [0.2, 0.25) is 35.7 Å². The summed E-state index contributed by atoms with van der Waals surface area (Å²) < 4.78 is 11.7. The van der Waals surface area contributed by atoms with Crippen LogP contribution in [0.3, 0.4) is 0 Å². The number of carboxylic acid groups (broad SMARTS) is 1. The first-order chi connectivity index (χ1) is 31.2. The number of anilines is 1. The molecule has 0 aromatic heterocycles. The largest absolute Gasteiger partial charge is 1.00 e. The summed E-state index contributed by atoms with van der Waals surface area (Å²) in [6.45, 7) is -1.84. The van der Waals surface area contributed by atoms with Crippen LogP contribution in [-0.2, 0) is 33.4 Å². The summed E-state index contributed by atoms with van der Waals surface area (Å²) >= 11 is 1.79. The third kappa shape index (κ3) is 15.0. The Morgan fingerprint density at radius 1 is 0.788 bits per heavy atom. The van der Waals surface area contributed by atoms with Gasteiger partial charge in [0.15, 0.2) is 5.78 Å². The van der Waals surface area contributed by atoms with Crippen LogP contribution in [0.25, 0.3) is 6.08 Å². The standard InChI is InChI=1S/C44H51N7O13S.K/c52-28-16-10-24(11-17-28)18-30(42(60)61)63-43-38(49-27-14-12-26(13-15-27)39(57)25-6-2-1-3-7-25)41(59)40(58)31(64-43)19-45-34(54)21-47-36(56)22-48-35(55)20-46-33(53)9-5-4-8-32-37-29(23-65-32)50-44(62)51-37;/h1-3,6-7,10-18,29,31-32,37-38,40-41,43,49,52,58-59H,4-5,8-9,19-23H2,(H,45,54)(H,46,53)(H,47,56)(H,48,55)(H,60,61)(H2,50,51,62);/q;+1/p-1/b30-18-;/t29?,31-,32?,37?,38-,40+,41-,43-;/m1./s1. The van der Waals surface area contributed by atoms with Gasteiger partial charge >= 0.3 is 63.4 Å². The second-order valence-electron chi connectivity index (χ2n) is 15.5. The molecule has 6 amide bonds. The van der Waals surface area contributed by atoms with E-state index in [1.807, 2.05) is 0 Å². The molecule has 346 valence electrons. The quantitative estimate of drug-likeness (QED) is 0.0124. The molecule has 22 heteroatoms. The number of carbonyl (C=O) groups is 7. The summed E-state index contributed by atoms with van der Waals surface area (Å²) in [4.78, 5) is 86.4. The van der Waals surface area contributed by atoms with Gasteiger partial charge in [-0.3, -0.25) is 24.0 Å². The fourth-order valence-electron chi connectivity index (χ4n) is 7.31. The number of ketones is 1. The zero-order valence-electron chi connectivity index (χ0n) is 35.9. The second kappa shape index (κ2) is 25.2. The minimum Gasteiger partial charge on any atom is -0.872 e. The molecule has 3 fully saturated rings. The summed E-state index contributed by atoms with van der Waals surface area (Å²) in [5.41, 5.74) is 1.48. The molecule has 3 heterocycles. The van der Waals surface area contributed by atoms with E-state index in [-0.39, 0.29) is 105 Å². The average molecular weight is 956 g/mol. The molecule has 6 rings (SSSR count). The first kappa shape index (κ1) is 51.9. The molecule has 0 saturated carbocycles. The van der Waals surface area contributed by atoms with Crippen molar-refractivity contribution in [1.29, 1.82) is 0 Å². The van der Waals surface area contributed by atoms with Gasteiger partial charge in [-0.05, 0) is 48.7 Å². The smallest absolute Gasteiger partial charge is 0.872 e. The first-order valence-electron chi connectivity index (χ1n) is 20.9. The van der Waals surface area contributed by atoms with Crippen LogP contribution in [0.15, 0.2) is 84.6 Å². The number of thioether (sulfide) groups is 1. The molecular weight excluding hydrogens is 906 g/mol. The van der Waals surface area contributed by atoms with Gasteiger partial charge in [0.05, 0.1) is 31.7 Å². The molecule has 3 aliphatic heterocycles. The van der Waals surface area contributed by atoms with E-state index in [2.05, 4.69) is 37.2 Å². The Bertz CT molecular complexity index is 2220. The molecule has 3 aromatic rings. The van der Waals surface area contributed by atoms with E-state index in [0.717, 1.165) is 24.7 Å². The van der Waals surface area contributed by atoms with Gasteiger partial charge in [-0.25, -0.2) is 9.59 Å². The van der Waals surface area contributed by atoms with Crippen LogP contribution in [0.2, 0.25) is 0 Å². The van der Waals surface area contributed by atoms with Gasteiger partial charge in [0.25, 0.3) is 0 Å². The summed E-state index contributed by atoms with van der Waals surface area (Å²) in [6, 6.07) is 18.7. The molecule has 3 saturated heterocycles. The number of carboxylic acids is 1. The molecule has 3 aliphatic rings. The van der Waals surface area contributed by atoms with Crippen LogP contribution in [0.1, 0.15) is 47.2 Å². The van der Waals surface area contributed by atoms with Crippen LogP contribution in [0.4, 0.5) is 10.5 Å². The molecule has 0 aliphatic carbocycles. The third-order valence-corrected chi connectivity index (χ3v) is 12.3. The maximum absolute atomic E-state index is 12.9. The second-order valence-corrected chi connectivity index (χ2v) is 16.7. The van der Waals surface area contributed by atoms with E-state index in [4.69, 9.17) is 9.47 Å². The maximum atomic E-state index is 12.9. The minimum absolute atomic E-state index is 0. The normalized spacial score (nSPS) is 23.1. The Morgan fingerprint density at radius 3 is 2.06 bits per heavy atom. The predicted molar refractivity (Wildman–Crippen MR) is 233 cm³/mol. The van der Waals surface area contributed by atoms with Crippen LogP contribution in [0.5, 0.6) is 5.75 Å². The van der Waals surface area contributed by atoms with E-state index in [1.165, 1.54) is 24.3 Å². The van der Waals surface area contributed by atoms with Gasteiger partial charge < -0.3 is 67.1 Å². The van der Waals surface area contributed by atoms with E-state index >= 15 is 0 Å². The number of aliphatic hydroxyl groups is 2. The number of fused-ring (bicyclic) bond motifs is 1. The first-order valence-corrected chi connectivity index (χ1v) is 21.9. The molecule has 66 heavy (non-hydrogen) atoms. The Balaban J connectivity index is 0.00000817. The van der Waals surface area contributed by atoms with Gasteiger partial charge in [-0.2, -0.15) is 11.8 Å². The maximum Gasteiger partial charge on any atom is 1.00 e. The van der Waals surface area contributed by atoms with Crippen molar-refractivity contribution in [3.05, 3.63) is 101 Å². The number of urea groups is 1. The van der Waals surface area contributed by atoms with Gasteiger partial charge in [0.1, 0.15) is 24.4 Å². The number of hydrogen-bond donors (Lipinski definition) is 10. The van der Waals surface area contributed by atoms with Gasteiger partial charge in [-0.15, -0.1) is 5.75 Å². The van der Waals surface area contributed by atoms with Crippen molar-refractivity contribution in [1.82, 2.24) is 31.9 Å². The SMILES string of the molecule is O=C(CCCCC1SCC2NC(=O)NC21)NCC(=O)NCC(=O)NCC(=O)NC[C@H]1O[C@@H](O/C(=C\c2ccc([O-])cc2)C(=O)O)[C@H](Nc2ccc(C(=O)c3ccccc3)cc2)[C@@H](O)[C@H]1O.[K+]. The van der Waals surface area contributed by atoms with Crippen LogP contribution >= 0.6 is 11.8 Å². The number of ether oxygens (including phenoxy) is 2. The molecule has 0 radical (unpaired) electrons. The number of unbranched alkanes of at least 4 members (excludes halogenated alkanes) is 1. The molecule has 0 bridgehead atoms. The Labute approximate surface area is 426 Å². The fraction of sp³-hybridized carbons (Fsp3) is 0.386. The molecule has 0 spiro atoms. The summed E-state index contributed by atoms with van der Waals surface area (Å²) in [5.74, 6) is -4.28. The Kier molecular flexibility index (Phi) is 19.8. The van der Waals surface area contributed by atoms with Crippen LogP contribution in [-0.4, -0.2) is 137 Å². The summed E-state index contributed by atoms with van der Waals surface area (Å²) in [5, 5.41) is 62.9. The number of nitrogens with one attached hydrogen (secondary N) is 7. The van der Waals surface area contributed by atoms with Crippen molar-refractivity contribution in [2.75, 3.05) is 37.2 Å². The molecule has 8 atom stereocenters. The number of rotatable bonds is 21. The minimum atomic E-state index is -1.69. The number of aliphatic hydroxyl groups excluding tert-OH is 2. The number of amides is 6. The van der Waals surface area contributed by atoms with Crippen molar-refractivity contribution in [3.8, 4) is 5.75 Å². The zero-order chi connectivity index (χ0) is 46.5. The van der Waals surface area contributed by atoms with Gasteiger partial charge in [0, 0.05) is 40.8 Å². The van der Waals surface area contributed by atoms with Crippen molar-refractivity contribution >= 4 is 64.9 Å². The van der Waals surface area contributed by atoms with E-state index < -0.39 is 79.7 Å². The molecular formula is C44H50KN7O13S. The van der Waals surface area contributed by atoms with E-state index in [9.17, 15) is 54.0 Å². The van der Waals surface area contributed by atoms with Crippen molar-refractivity contribution in [2.45, 2.75) is 73.7 Å². The Morgan fingerprint density at radius 2 is 1.41 bits per heavy atom. The molecule has 10 N–H and O–H groups in total. The predicted octanol–water partition coefficient (Wildman–Crippen LogP) is -3.44. The number of benzene rings is 3. The topological polar surface area (TPSA) is 306 Å². The zero-order valence-corrected chi connectivity index (χ0v) is 39.8. The average Bonchev–Trinajstić information content (AvgIpc) is 3.86. The van der Waals surface area contributed by atoms with Gasteiger partial charge in [-0.1, -0.05) is 61.0 Å². The van der Waals surface area contributed by atoms with Crippen molar-refractivity contribution in [3.63, 3.8) is 0 Å². The molecule has 3 unspecified atom stereocenters. The molecule has 20 nitrogen and oxygen atoms in total. The third-order valence-electron chi connectivity index (χ3n) is 10.8. The number of aliphatic carboxylic acids is 1. The Hall–Kier alpha value is -5.04. The van der Waals surface area contributed by atoms with Crippen LogP contribution < -0.4 is 93.7 Å². The van der Waals surface area contributed by atoms with Crippen molar-refractivity contribution < 1.29 is 115 Å². The summed E-state index contributed by atoms with van der Waals surface area (Å²) in [7, 11) is 0. The van der Waals surface area contributed by atoms with Crippen LogP contribution in [0, 0.1) is 0 Å². The van der Waals surface area contributed by atoms with E-state index in [1.54, 1.807) is 66.4 Å². The van der Waals surface area contributed by atoms with Crippen molar-refractivity contribution in [2.24, 2.45) is 0 Å². The fourth-order valence-corrected chi connectivity index (χ4v) is 8.85. The molecule has 3 aromatic carbocycles. The van der Waals surface area contributed by atoms with E-state index in [0.29, 0.717) is 28.8 Å². The number of hydrogen-bond acceptors (Lipinski definition) is 14.